The van der Waals surface area contributed by atoms with Crippen LogP contribution < -0.4 is 4.74 Å². The van der Waals surface area contributed by atoms with Crippen LogP contribution in [0.25, 0.3) is 0 Å². The van der Waals surface area contributed by atoms with Crippen molar-refractivity contribution in [1.82, 2.24) is 0 Å². The fourth-order valence-electron chi connectivity index (χ4n) is 2.73. The third-order valence-corrected chi connectivity index (χ3v) is 4.44. The number of aliphatic hydroxyl groups excluding tert-OH is 1. The molecule has 1 aromatic rings. The second-order valence-corrected chi connectivity index (χ2v) is 6.19. The fraction of sp³-hybridized carbons (Fsp3) is 0.600. The molecule has 0 aromatic heterocycles. The summed E-state index contributed by atoms with van der Waals surface area (Å²) >= 11 is 3.43. The molecule has 1 N–H and O–H groups in total. The van der Waals surface area contributed by atoms with Gasteiger partial charge in [0, 0.05) is 11.1 Å². The number of ether oxygens (including phenoxy) is 1. The van der Waals surface area contributed by atoms with Crippen molar-refractivity contribution in [3.8, 4) is 5.75 Å². The minimum absolute atomic E-state index is 0.115. The van der Waals surface area contributed by atoms with E-state index in [1.54, 1.807) is 0 Å². The SMILES string of the molecule is OCC1(CCOc2cccc(Br)c2)CCCCC1. The van der Waals surface area contributed by atoms with Crippen molar-refractivity contribution < 1.29 is 9.84 Å². The molecule has 2 nitrogen and oxygen atoms in total. The lowest BCUT2D eigenvalue weighted by atomic mass is 9.72. The summed E-state index contributed by atoms with van der Waals surface area (Å²) in [5, 5.41) is 9.62. The molecule has 0 aliphatic heterocycles. The molecule has 0 heterocycles. The predicted molar refractivity (Wildman–Crippen MR) is 76.9 cm³/mol. The first-order chi connectivity index (χ1) is 8.74. The fourth-order valence-corrected chi connectivity index (χ4v) is 3.11. The average Bonchev–Trinajstić information content (AvgIpc) is 2.40. The molecule has 0 bridgehead atoms. The Morgan fingerprint density at radius 3 is 2.67 bits per heavy atom. The van der Waals surface area contributed by atoms with Gasteiger partial charge in [0.2, 0.25) is 0 Å². The molecular formula is C15H21BrO2. The van der Waals surface area contributed by atoms with E-state index in [4.69, 9.17) is 4.74 Å². The molecule has 0 saturated heterocycles. The molecule has 3 heteroatoms. The van der Waals surface area contributed by atoms with Crippen molar-refractivity contribution >= 4 is 15.9 Å². The van der Waals surface area contributed by atoms with Gasteiger partial charge < -0.3 is 9.84 Å². The smallest absolute Gasteiger partial charge is 0.120 e. The van der Waals surface area contributed by atoms with Crippen molar-refractivity contribution in [2.45, 2.75) is 38.5 Å². The number of aliphatic hydroxyl groups is 1. The van der Waals surface area contributed by atoms with E-state index in [0.717, 1.165) is 29.5 Å². The predicted octanol–water partition coefficient (Wildman–Crippen LogP) is 4.16. The third-order valence-electron chi connectivity index (χ3n) is 3.95. The minimum Gasteiger partial charge on any atom is -0.494 e. The Morgan fingerprint density at radius 1 is 1.22 bits per heavy atom. The van der Waals surface area contributed by atoms with Crippen molar-refractivity contribution in [2.24, 2.45) is 5.41 Å². The normalized spacial score (nSPS) is 18.6. The Morgan fingerprint density at radius 2 is 2.00 bits per heavy atom. The number of rotatable bonds is 5. The van der Waals surface area contributed by atoms with Crippen LogP contribution in [0.2, 0.25) is 0 Å². The van der Waals surface area contributed by atoms with E-state index in [1.165, 1.54) is 19.3 Å². The minimum atomic E-state index is 0.115. The molecule has 100 valence electrons. The molecule has 0 atom stereocenters. The van der Waals surface area contributed by atoms with Crippen molar-refractivity contribution in [3.63, 3.8) is 0 Å². The summed E-state index contributed by atoms with van der Waals surface area (Å²) in [4.78, 5) is 0. The van der Waals surface area contributed by atoms with Crippen LogP contribution in [0.4, 0.5) is 0 Å². The lowest BCUT2D eigenvalue weighted by molar-refractivity contribution is 0.0585. The third kappa shape index (κ3) is 3.72. The largest absolute Gasteiger partial charge is 0.494 e. The Balaban J connectivity index is 1.83. The van der Waals surface area contributed by atoms with Crippen molar-refractivity contribution in [1.29, 1.82) is 0 Å². The monoisotopic (exact) mass is 312 g/mol. The van der Waals surface area contributed by atoms with Crippen molar-refractivity contribution in [2.75, 3.05) is 13.2 Å². The van der Waals surface area contributed by atoms with Crippen LogP contribution in [0.1, 0.15) is 38.5 Å². The zero-order valence-corrected chi connectivity index (χ0v) is 12.3. The van der Waals surface area contributed by atoms with Gasteiger partial charge in [0.1, 0.15) is 5.75 Å². The average molecular weight is 313 g/mol. The summed E-state index contributed by atoms with van der Waals surface area (Å²) in [5.74, 6) is 0.897. The second kappa shape index (κ2) is 6.58. The number of hydrogen-bond acceptors (Lipinski definition) is 2. The van der Waals surface area contributed by atoms with Crippen LogP contribution in [-0.4, -0.2) is 18.3 Å². The maximum atomic E-state index is 9.62. The Hall–Kier alpha value is -0.540. The van der Waals surface area contributed by atoms with Gasteiger partial charge in [0.25, 0.3) is 0 Å². The molecule has 1 saturated carbocycles. The molecule has 1 aliphatic rings. The molecular weight excluding hydrogens is 292 g/mol. The van der Waals surface area contributed by atoms with Crippen LogP contribution in [0.3, 0.4) is 0 Å². The summed E-state index contributed by atoms with van der Waals surface area (Å²) in [6.45, 7) is 0.992. The molecule has 0 radical (unpaired) electrons. The maximum absolute atomic E-state index is 9.62. The van der Waals surface area contributed by atoms with Gasteiger partial charge in [-0.1, -0.05) is 41.3 Å². The van der Waals surface area contributed by atoms with Crippen LogP contribution in [0.15, 0.2) is 28.7 Å². The Labute approximate surface area is 117 Å². The van der Waals surface area contributed by atoms with E-state index in [0.29, 0.717) is 13.2 Å². The molecule has 1 fully saturated rings. The highest BCUT2D eigenvalue weighted by atomic mass is 79.9. The lowest BCUT2D eigenvalue weighted by Crippen LogP contribution is -2.30. The first-order valence-corrected chi connectivity index (χ1v) is 7.53. The number of halogens is 1. The summed E-state index contributed by atoms with van der Waals surface area (Å²) in [6, 6.07) is 7.91. The molecule has 0 amide bonds. The number of benzene rings is 1. The van der Waals surface area contributed by atoms with E-state index in [2.05, 4.69) is 15.9 Å². The molecule has 2 rings (SSSR count). The summed E-state index contributed by atoms with van der Waals surface area (Å²) in [7, 11) is 0. The van der Waals surface area contributed by atoms with E-state index in [-0.39, 0.29) is 5.41 Å². The zero-order valence-electron chi connectivity index (χ0n) is 10.7. The van der Waals surface area contributed by atoms with Crippen LogP contribution >= 0.6 is 15.9 Å². The first-order valence-electron chi connectivity index (χ1n) is 6.73. The van der Waals surface area contributed by atoms with Gasteiger partial charge in [-0.2, -0.15) is 0 Å². The van der Waals surface area contributed by atoms with E-state index in [1.807, 2.05) is 24.3 Å². The summed E-state index contributed by atoms with van der Waals surface area (Å²) in [6.07, 6.45) is 7.05. The van der Waals surface area contributed by atoms with Crippen LogP contribution in [0, 0.1) is 5.41 Å². The van der Waals surface area contributed by atoms with Gasteiger partial charge in [0.05, 0.1) is 6.61 Å². The lowest BCUT2D eigenvalue weighted by Gasteiger charge is -2.35. The van der Waals surface area contributed by atoms with Gasteiger partial charge in [-0.05, 0) is 42.9 Å². The summed E-state index contributed by atoms with van der Waals surface area (Å²) in [5.41, 5.74) is 0.115. The zero-order chi connectivity index (χ0) is 12.8. The van der Waals surface area contributed by atoms with Gasteiger partial charge in [-0.25, -0.2) is 0 Å². The van der Waals surface area contributed by atoms with Gasteiger partial charge in [-0.15, -0.1) is 0 Å². The van der Waals surface area contributed by atoms with Crippen LogP contribution in [-0.2, 0) is 0 Å². The highest BCUT2D eigenvalue weighted by Crippen LogP contribution is 2.38. The van der Waals surface area contributed by atoms with Crippen LogP contribution in [0.5, 0.6) is 5.75 Å². The van der Waals surface area contributed by atoms with Gasteiger partial charge >= 0.3 is 0 Å². The molecule has 1 aromatic carbocycles. The van der Waals surface area contributed by atoms with Crippen molar-refractivity contribution in [3.05, 3.63) is 28.7 Å². The summed E-state index contributed by atoms with van der Waals surface area (Å²) < 4.78 is 6.81. The quantitative estimate of drug-likeness (QED) is 0.884. The Kier molecular flexibility index (Phi) is 5.07. The van der Waals surface area contributed by atoms with E-state index in [9.17, 15) is 5.11 Å². The van der Waals surface area contributed by atoms with Gasteiger partial charge in [0.15, 0.2) is 0 Å². The standard InChI is InChI=1S/C15H21BrO2/c16-13-5-4-6-14(11-13)18-10-9-15(12-17)7-2-1-3-8-15/h4-6,11,17H,1-3,7-10,12H2. The molecule has 18 heavy (non-hydrogen) atoms. The number of hydrogen-bond donors (Lipinski definition) is 1. The topological polar surface area (TPSA) is 29.5 Å². The Bertz CT molecular complexity index is 373. The van der Waals surface area contributed by atoms with E-state index >= 15 is 0 Å². The molecule has 0 unspecified atom stereocenters. The highest BCUT2D eigenvalue weighted by Gasteiger charge is 2.31. The highest BCUT2D eigenvalue weighted by molar-refractivity contribution is 9.10. The maximum Gasteiger partial charge on any atom is 0.120 e. The van der Waals surface area contributed by atoms with Gasteiger partial charge in [-0.3, -0.25) is 0 Å². The second-order valence-electron chi connectivity index (χ2n) is 5.27. The molecule has 0 spiro atoms. The molecule has 1 aliphatic carbocycles. The first kappa shape index (κ1) is 13.9. The van der Waals surface area contributed by atoms with E-state index < -0.39 is 0 Å².